The molecule has 0 saturated heterocycles. The maximum absolute atomic E-state index is 13.5. The topological polar surface area (TPSA) is 167 Å². The Balaban J connectivity index is 1.17. The Bertz CT molecular complexity index is 1640. The molecule has 5 aromatic rings. The van der Waals surface area contributed by atoms with E-state index in [1.165, 1.54) is 0 Å². The van der Waals surface area contributed by atoms with Crippen LogP contribution in [0.2, 0.25) is 0 Å². The molecule has 6 rings (SSSR count). The zero-order valence-corrected chi connectivity index (χ0v) is 23.1. The van der Waals surface area contributed by atoms with Crippen molar-refractivity contribution in [2.75, 3.05) is 11.9 Å². The highest BCUT2D eigenvalue weighted by atomic mass is 16.2. The van der Waals surface area contributed by atoms with Gasteiger partial charge in [-0.15, -0.1) is 10.2 Å². The van der Waals surface area contributed by atoms with Gasteiger partial charge in [-0.1, -0.05) is 24.3 Å². The van der Waals surface area contributed by atoms with Crippen LogP contribution in [0.25, 0.3) is 33.5 Å². The number of hydrogen-bond donors (Lipinski definition) is 5. The van der Waals surface area contributed by atoms with Crippen LogP contribution in [-0.4, -0.2) is 55.0 Å². The number of aromatic amines is 2. The third-order valence-corrected chi connectivity index (χ3v) is 8.07. The predicted octanol–water partition coefficient (Wildman–Crippen LogP) is 3.84. The third-order valence-electron chi connectivity index (χ3n) is 8.07. The van der Waals surface area contributed by atoms with Crippen LogP contribution in [0.3, 0.4) is 0 Å². The van der Waals surface area contributed by atoms with Gasteiger partial charge in [0, 0.05) is 46.9 Å². The third kappa shape index (κ3) is 6.21. The fraction of sp³-hybridized carbons (Fsp3) is 0.290. The first-order valence-corrected chi connectivity index (χ1v) is 14.2. The highest BCUT2D eigenvalue weighted by Gasteiger charge is 2.29. The molecule has 214 valence electrons. The number of pyridine rings is 1. The highest BCUT2D eigenvalue weighted by molar-refractivity contribution is 5.97. The molecule has 42 heavy (non-hydrogen) atoms. The molecule has 0 spiro atoms. The SMILES string of the molecule is NC[C@H]1CC[C@H](C(=O)N[C@@H](Cc2ccc(-c3cnc4[nH]ccc4c3)cc2)C(=O)Nc2ccc(-c3nn[nH]n3)cc2)CC1. The molecular formula is C31H33N9O2. The van der Waals surface area contributed by atoms with Crippen LogP contribution < -0.4 is 16.4 Å². The predicted molar refractivity (Wildman–Crippen MR) is 160 cm³/mol. The summed E-state index contributed by atoms with van der Waals surface area (Å²) < 4.78 is 0. The van der Waals surface area contributed by atoms with Gasteiger partial charge in [-0.3, -0.25) is 9.59 Å². The Morgan fingerprint density at radius 1 is 0.952 bits per heavy atom. The zero-order chi connectivity index (χ0) is 28.9. The molecule has 0 unspecified atom stereocenters. The van der Waals surface area contributed by atoms with E-state index in [1.54, 1.807) is 12.1 Å². The van der Waals surface area contributed by atoms with E-state index in [0.29, 0.717) is 30.4 Å². The van der Waals surface area contributed by atoms with Gasteiger partial charge < -0.3 is 21.4 Å². The number of aromatic nitrogens is 6. The number of nitrogens with zero attached hydrogens (tertiary/aromatic N) is 4. The summed E-state index contributed by atoms with van der Waals surface area (Å²) >= 11 is 0. The van der Waals surface area contributed by atoms with Gasteiger partial charge in [-0.2, -0.15) is 5.21 Å². The molecule has 1 saturated carbocycles. The van der Waals surface area contributed by atoms with Gasteiger partial charge in [-0.05, 0) is 90.9 Å². The van der Waals surface area contributed by atoms with Crippen molar-refractivity contribution >= 4 is 28.5 Å². The van der Waals surface area contributed by atoms with Crippen LogP contribution >= 0.6 is 0 Å². The van der Waals surface area contributed by atoms with Crippen LogP contribution in [0.1, 0.15) is 31.2 Å². The number of benzene rings is 2. The van der Waals surface area contributed by atoms with Gasteiger partial charge in [0.1, 0.15) is 11.7 Å². The maximum Gasteiger partial charge on any atom is 0.247 e. The van der Waals surface area contributed by atoms with Crippen molar-refractivity contribution in [2.45, 2.75) is 38.1 Å². The summed E-state index contributed by atoms with van der Waals surface area (Å²) in [5, 5.41) is 21.0. The van der Waals surface area contributed by atoms with E-state index >= 15 is 0 Å². The molecule has 0 aliphatic heterocycles. The van der Waals surface area contributed by atoms with Crippen LogP contribution in [0.4, 0.5) is 5.69 Å². The Hall–Kier alpha value is -4.90. The van der Waals surface area contributed by atoms with Crippen molar-refractivity contribution in [3.8, 4) is 22.5 Å². The second kappa shape index (κ2) is 12.3. The van der Waals surface area contributed by atoms with E-state index in [9.17, 15) is 9.59 Å². The summed E-state index contributed by atoms with van der Waals surface area (Å²) in [5.41, 5.74) is 11.0. The minimum Gasteiger partial charge on any atom is -0.346 e. The monoisotopic (exact) mass is 563 g/mol. The summed E-state index contributed by atoms with van der Waals surface area (Å²) in [6, 6.07) is 18.5. The molecule has 0 bridgehead atoms. The fourth-order valence-electron chi connectivity index (χ4n) is 5.54. The van der Waals surface area contributed by atoms with Crippen molar-refractivity contribution in [3.63, 3.8) is 0 Å². The molecule has 1 fully saturated rings. The summed E-state index contributed by atoms with van der Waals surface area (Å²) in [6.07, 6.45) is 7.50. The second-order valence-corrected chi connectivity index (χ2v) is 10.9. The van der Waals surface area contributed by atoms with E-state index in [-0.39, 0.29) is 17.7 Å². The number of nitrogens with two attached hydrogens (primary N) is 1. The van der Waals surface area contributed by atoms with Crippen LogP contribution in [-0.2, 0) is 16.0 Å². The largest absolute Gasteiger partial charge is 0.346 e. The molecule has 3 heterocycles. The number of rotatable bonds is 9. The molecule has 3 aromatic heterocycles. The van der Waals surface area contributed by atoms with Gasteiger partial charge in [0.2, 0.25) is 17.6 Å². The Morgan fingerprint density at radius 3 is 2.43 bits per heavy atom. The molecule has 11 nitrogen and oxygen atoms in total. The second-order valence-electron chi connectivity index (χ2n) is 10.9. The van der Waals surface area contributed by atoms with Gasteiger partial charge in [-0.25, -0.2) is 4.98 Å². The molecule has 0 radical (unpaired) electrons. The van der Waals surface area contributed by atoms with Crippen molar-refractivity contribution in [1.29, 1.82) is 0 Å². The number of H-pyrrole nitrogens is 2. The van der Waals surface area contributed by atoms with Gasteiger partial charge >= 0.3 is 0 Å². The summed E-state index contributed by atoms with van der Waals surface area (Å²) in [4.78, 5) is 34.4. The number of hydrogen-bond acceptors (Lipinski definition) is 7. The van der Waals surface area contributed by atoms with Gasteiger partial charge in [0.05, 0.1) is 0 Å². The quantitative estimate of drug-likeness (QED) is 0.182. The number of carbonyl (C=O) groups excluding carboxylic acids is 2. The Morgan fingerprint density at radius 2 is 1.71 bits per heavy atom. The lowest BCUT2D eigenvalue weighted by Gasteiger charge is -2.28. The molecular weight excluding hydrogens is 530 g/mol. The first kappa shape index (κ1) is 27.3. The zero-order valence-electron chi connectivity index (χ0n) is 23.1. The minimum absolute atomic E-state index is 0.0828. The normalized spacial score (nSPS) is 17.5. The molecule has 11 heteroatoms. The lowest BCUT2D eigenvalue weighted by Crippen LogP contribution is -2.48. The first-order valence-electron chi connectivity index (χ1n) is 14.2. The van der Waals surface area contributed by atoms with E-state index in [4.69, 9.17) is 5.73 Å². The van der Waals surface area contributed by atoms with E-state index < -0.39 is 6.04 Å². The highest BCUT2D eigenvalue weighted by Crippen LogP contribution is 2.29. The lowest BCUT2D eigenvalue weighted by molar-refractivity contribution is -0.130. The van der Waals surface area contributed by atoms with Crippen molar-refractivity contribution in [2.24, 2.45) is 17.6 Å². The van der Waals surface area contributed by atoms with Gasteiger partial charge in [0.25, 0.3) is 0 Å². The fourth-order valence-corrected chi connectivity index (χ4v) is 5.54. The molecule has 2 aromatic carbocycles. The summed E-state index contributed by atoms with van der Waals surface area (Å²) in [7, 11) is 0. The first-order chi connectivity index (χ1) is 20.6. The van der Waals surface area contributed by atoms with Gasteiger partial charge in [0.15, 0.2) is 0 Å². The summed E-state index contributed by atoms with van der Waals surface area (Å²) in [5.74, 6) is 0.457. The Kier molecular flexibility index (Phi) is 8.00. The number of fused-ring (bicyclic) bond motifs is 1. The molecule has 1 aliphatic rings. The van der Waals surface area contributed by atoms with E-state index in [1.807, 2.05) is 54.9 Å². The van der Waals surface area contributed by atoms with Crippen molar-refractivity contribution in [1.82, 2.24) is 35.9 Å². The average Bonchev–Trinajstić information content (AvgIpc) is 3.74. The Labute approximate surface area is 242 Å². The van der Waals surface area contributed by atoms with Crippen molar-refractivity contribution in [3.05, 3.63) is 78.6 Å². The maximum atomic E-state index is 13.5. The number of carbonyl (C=O) groups is 2. The summed E-state index contributed by atoms with van der Waals surface area (Å²) in [6.45, 7) is 0.649. The van der Waals surface area contributed by atoms with Crippen LogP contribution in [0, 0.1) is 11.8 Å². The average molecular weight is 564 g/mol. The standard InChI is InChI=1S/C31H33N9O2/c32-17-20-3-7-23(8-4-20)30(41)36-27(31(42)35-26-11-9-22(10-12-26)29-37-39-40-38-29)15-19-1-5-21(6-2-19)25-16-24-13-14-33-28(24)34-18-25/h1-2,5-6,9-14,16,18,20,23,27H,3-4,7-8,15,17,32H2,(H,33,34)(H,35,42)(H,36,41)(H,37,38,39,40)/t20-,23-,27-/m0/s1. The van der Waals surface area contributed by atoms with Crippen LogP contribution in [0.5, 0.6) is 0 Å². The minimum atomic E-state index is -0.745. The smallest absolute Gasteiger partial charge is 0.247 e. The van der Waals surface area contributed by atoms with E-state index in [2.05, 4.69) is 47.3 Å². The molecule has 1 atom stereocenters. The molecule has 2 amide bonds. The number of tetrazole rings is 1. The molecule has 6 N–H and O–H groups in total. The van der Waals surface area contributed by atoms with Crippen molar-refractivity contribution < 1.29 is 9.59 Å². The number of amides is 2. The molecule has 1 aliphatic carbocycles. The number of anilines is 1. The van der Waals surface area contributed by atoms with E-state index in [0.717, 1.165) is 59.0 Å². The number of nitrogens with one attached hydrogen (secondary N) is 4. The van der Waals surface area contributed by atoms with Crippen LogP contribution in [0.15, 0.2) is 73.1 Å². The lowest BCUT2D eigenvalue weighted by atomic mass is 9.81.